The van der Waals surface area contributed by atoms with Crippen molar-refractivity contribution in [2.24, 2.45) is 0 Å². The molecule has 2 heterocycles. The van der Waals surface area contributed by atoms with E-state index in [-0.39, 0.29) is 0 Å². The Morgan fingerprint density at radius 1 is 1.16 bits per heavy atom. The van der Waals surface area contributed by atoms with E-state index in [0.717, 1.165) is 26.1 Å². The lowest BCUT2D eigenvalue weighted by molar-refractivity contribution is 1.02. The second-order valence-electron chi connectivity index (χ2n) is 4.24. The van der Waals surface area contributed by atoms with Crippen molar-refractivity contribution in [3.05, 3.63) is 45.2 Å². The Hall–Kier alpha value is -1.14. The molecule has 0 fully saturated rings. The zero-order valence-corrected chi connectivity index (χ0v) is 13.9. The molecule has 0 amide bonds. The second kappa shape index (κ2) is 6.34. The van der Waals surface area contributed by atoms with E-state index in [2.05, 4.69) is 47.1 Å². The number of nitrogens with one attached hydrogen (secondary N) is 1. The highest BCUT2D eigenvalue weighted by Gasteiger charge is 2.03. The van der Waals surface area contributed by atoms with Crippen molar-refractivity contribution in [2.75, 3.05) is 24.3 Å². The molecule has 0 saturated heterocycles. The largest absolute Gasteiger partial charge is 0.378 e. The molecule has 2 aromatic heterocycles. The quantitative estimate of drug-likeness (QED) is 0.871. The van der Waals surface area contributed by atoms with Gasteiger partial charge >= 0.3 is 0 Å². The van der Waals surface area contributed by atoms with E-state index in [1.54, 1.807) is 6.20 Å². The summed E-state index contributed by atoms with van der Waals surface area (Å²) in [6.07, 6.45) is 3.61. The van der Waals surface area contributed by atoms with Crippen LogP contribution in [0.1, 0.15) is 5.69 Å². The van der Waals surface area contributed by atoms with Crippen molar-refractivity contribution < 1.29 is 0 Å². The summed E-state index contributed by atoms with van der Waals surface area (Å²) in [5.74, 6) is 0.938. The number of nitrogens with zero attached hydrogens (tertiary/aromatic N) is 3. The van der Waals surface area contributed by atoms with E-state index in [1.807, 2.05) is 43.4 Å². The Kier molecular flexibility index (Phi) is 4.76. The summed E-state index contributed by atoms with van der Waals surface area (Å²) in [6, 6.07) is 5.97. The van der Waals surface area contributed by atoms with Crippen LogP contribution in [-0.2, 0) is 6.54 Å². The van der Waals surface area contributed by atoms with Gasteiger partial charge in [-0.3, -0.25) is 4.98 Å². The number of anilines is 2. The van der Waals surface area contributed by atoms with Gasteiger partial charge in [-0.1, -0.05) is 0 Å². The molecular weight excluding hydrogens is 372 g/mol. The van der Waals surface area contributed by atoms with Gasteiger partial charge in [0.1, 0.15) is 5.82 Å². The summed E-state index contributed by atoms with van der Waals surface area (Å²) in [5.41, 5.74) is 1.93. The third kappa shape index (κ3) is 3.91. The molecule has 2 aromatic rings. The molecule has 0 unspecified atom stereocenters. The molecule has 0 aliphatic heterocycles. The van der Waals surface area contributed by atoms with Crippen LogP contribution in [0.15, 0.2) is 39.5 Å². The fourth-order valence-electron chi connectivity index (χ4n) is 1.51. The molecule has 4 nitrogen and oxygen atoms in total. The summed E-state index contributed by atoms with van der Waals surface area (Å²) >= 11 is 6.88. The lowest BCUT2D eigenvalue weighted by Crippen LogP contribution is -2.10. The molecule has 2 rings (SSSR count). The van der Waals surface area contributed by atoms with Crippen molar-refractivity contribution in [3.63, 3.8) is 0 Å². The molecule has 6 heteroatoms. The highest BCUT2D eigenvalue weighted by Crippen LogP contribution is 2.20. The summed E-state index contributed by atoms with van der Waals surface area (Å²) in [6.45, 7) is 0.650. The van der Waals surface area contributed by atoms with E-state index in [0.29, 0.717) is 6.54 Å². The molecule has 100 valence electrons. The van der Waals surface area contributed by atoms with E-state index in [9.17, 15) is 0 Å². The first-order valence-corrected chi connectivity index (χ1v) is 7.32. The van der Waals surface area contributed by atoms with Gasteiger partial charge in [-0.05, 0) is 50.1 Å². The van der Waals surface area contributed by atoms with Crippen molar-refractivity contribution in [1.82, 2.24) is 9.97 Å². The molecule has 0 saturated carbocycles. The maximum atomic E-state index is 4.35. The molecule has 0 radical (unpaired) electrons. The first-order valence-electron chi connectivity index (χ1n) is 5.73. The molecule has 1 N–H and O–H groups in total. The van der Waals surface area contributed by atoms with E-state index >= 15 is 0 Å². The van der Waals surface area contributed by atoms with Crippen LogP contribution in [0.5, 0.6) is 0 Å². The van der Waals surface area contributed by atoms with Gasteiger partial charge in [0.2, 0.25) is 0 Å². The fraction of sp³-hybridized carbons (Fsp3) is 0.231. The molecule has 0 aliphatic carbocycles. The minimum Gasteiger partial charge on any atom is -0.378 e. The highest BCUT2D eigenvalue weighted by atomic mass is 79.9. The van der Waals surface area contributed by atoms with Crippen LogP contribution in [0.2, 0.25) is 0 Å². The Bertz CT molecular complexity index is 555. The summed E-state index contributed by atoms with van der Waals surface area (Å²) in [4.78, 5) is 10.7. The highest BCUT2D eigenvalue weighted by molar-refractivity contribution is 9.11. The smallest absolute Gasteiger partial charge is 0.128 e. The molecule has 19 heavy (non-hydrogen) atoms. The van der Waals surface area contributed by atoms with Crippen LogP contribution in [0.3, 0.4) is 0 Å². The minimum atomic E-state index is 0.650. The summed E-state index contributed by atoms with van der Waals surface area (Å²) < 4.78 is 1.94. The topological polar surface area (TPSA) is 41.0 Å². The third-order valence-electron chi connectivity index (χ3n) is 2.55. The predicted molar refractivity (Wildman–Crippen MR) is 85.5 cm³/mol. The Morgan fingerprint density at radius 3 is 2.53 bits per heavy atom. The normalized spacial score (nSPS) is 10.3. The summed E-state index contributed by atoms with van der Waals surface area (Å²) in [5, 5.41) is 3.30. The van der Waals surface area contributed by atoms with E-state index in [1.165, 1.54) is 0 Å². The van der Waals surface area contributed by atoms with Crippen molar-refractivity contribution in [1.29, 1.82) is 0 Å². The van der Waals surface area contributed by atoms with E-state index < -0.39 is 0 Å². The Labute approximate surface area is 129 Å². The fourth-order valence-corrected chi connectivity index (χ4v) is 2.64. The van der Waals surface area contributed by atoms with Gasteiger partial charge in [-0.25, -0.2) is 4.98 Å². The zero-order chi connectivity index (χ0) is 13.8. The van der Waals surface area contributed by atoms with Crippen LogP contribution in [0.4, 0.5) is 11.5 Å². The number of halogens is 2. The van der Waals surface area contributed by atoms with Crippen molar-refractivity contribution in [3.8, 4) is 0 Å². The van der Waals surface area contributed by atoms with Crippen LogP contribution >= 0.6 is 31.9 Å². The van der Waals surface area contributed by atoms with Gasteiger partial charge in [-0.15, -0.1) is 0 Å². The molecular formula is C13H14Br2N4. The average Bonchev–Trinajstić information content (AvgIpc) is 2.38. The lowest BCUT2D eigenvalue weighted by atomic mass is 10.3. The van der Waals surface area contributed by atoms with Crippen molar-refractivity contribution in [2.45, 2.75) is 6.54 Å². The number of pyridine rings is 2. The van der Waals surface area contributed by atoms with Gasteiger partial charge in [0.15, 0.2) is 0 Å². The summed E-state index contributed by atoms with van der Waals surface area (Å²) in [7, 11) is 3.94. The van der Waals surface area contributed by atoms with E-state index in [4.69, 9.17) is 0 Å². The predicted octanol–water partition coefficient (Wildman–Crippen LogP) is 3.68. The lowest BCUT2D eigenvalue weighted by Gasteiger charge is -2.12. The van der Waals surface area contributed by atoms with Crippen LogP contribution < -0.4 is 10.2 Å². The van der Waals surface area contributed by atoms with Gasteiger partial charge in [-0.2, -0.15) is 0 Å². The van der Waals surface area contributed by atoms with Crippen LogP contribution in [-0.4, -0.2) is 24.1 Å². The Balaban J connectivity index is 2.02. The van der Waals surface area contributed by atoms with Gasteiger partial charge in [0.25, 0.3) is 0 Å². The van der Waals surface area contributed by atoms with Gasteiger partial charge < -0.3 is 10.2 Å². The first kappa shape index (κ1) is 14.3. The molecule has 0 aliphatic rings. The first-order chi connectivity index (χ1) is 9.06. The monoisotopic (exact) mass is 384 g/mol. The molecule has 0 bridgehead atoms. The number of rotatable bonds is 4. The number of aromatic nitrogens is 2. The molecule has 0 spiro atoms. The maximum absolute atomic E-state index is 4.35. The number of hydrogen-bond acceptors (Lipinski definition) is 4. The SMILES string of the molecule is CN(C)c1ccc(NCc2ncc(Br)cc2Br)cn1. The van der Waals surface area contributed by atoms with Gasteiger partial charge in [0.05, 0.1) is 24.1 Å². The van der Waals surface area contributed by atoms with Crippen molar-refractivity contribution >= 4 is 43.4 Å². The third-order valence-corrected chi connectivity index (χ3v) is 3.67. The molecule has 0 atom stereocenters. The number of hydrogen-bond donors (Lipinski definition) is 1. The average molecular weight is 386 g/mol. The Morgan fingerprint density at radius 2 is 1.95 bits per heavy atom. The standard InChI is InChI=1S/C13H14Br2N4/c1-19(2)13-4-3-10(7-18-13)16-8-12-11(15)5-9(14)6-17-12/h3-7,16H,8H2,1-2H3. The van der Waals surface area contributed by atoms with Crippen LogP contribution in [0.25, 0.3) is 0 Å². The molecule has 0 aromatic carbocycles. The maximum Gasteiger partial charge on any atom is 0.128 e. The van der Waals surface area contributed by atoms with Crippen LogP contribution in [0, 0.1) is 0 Å². The van der Waals surface area contributed by atoms with Gasteiger partial charge in [0, 0.05) is 29.2 Å². The minimum absolute atomic E-state index is 0.650. The second-order valence-corrected chi connectivity index (χ2v) is 6.01. The zero-order valence-electron chi connectivity index (χ0n) is 10.7.